The van der Waals surface area contributed by atoms with E-state index in [2.05, 4.69) is 22.5 Å². The van der Waals surface area contributed by atoms with Gasteiger partial charge in [0, 0.05) is 25.0 Å². The molecule has 0 aromatic carbocycles. The van der Waals surface area contributed by atoms with Crippen molar-refractivity contribution >= 4 is 5.95 Å². The zero-order chi connectivity index (χ0) is 10.0. The molecular weight excluding hydrogens is 176 g/mol. The van der Waals surface area contributed by atoms with Gasteiger partial charge in [0.1, 0.15) is 0 Å². The van der Waals surface area contributed by atoms with Gasteiger partial charge in [-0.2, -0.15) is 0 Å². The van der Waals surface area contributed by atoms with Gasteiger partial charge in [-0.1, -0.05) is 0 Å². The number of aryl methyl sites for hydroxylation is 1. The highest BCUT2D eigenvalue weighted by Gasteiger charge is 2.27. The number of piperidine rings is 1. The maximum atomic E-state index is 4.29. The monoisotopic (exact) mass is 194 g/mol. The summed E-state index contributed by atoms with van der Waals surface area (Å²) in [6.07, 6.45) is 6.10. The molecule has 1 aliphatic rings. The molecule has 0 bridgehead atoms. The third-order valence-corrected chi connectivity index (χ3v) is 2.94. The summed E-state index contributed by atoms with van der Waals surface area (Å²) in [5, 5.41) is 6.88. The van der Waals surface area contributed by atoms with Crippen LogP contribution in [0.5, 0.6) is 0 Å². The number of hydrogen-bond acceptors (Lipinski definition) is 3. The van der Waals surface area contributed by atoms with Gasteiger partial charge in [0.15, 0.2) is 0 Å². The fraction of sp³-hybridized carbons (Fsp3) is 0.700. The Bertz CT molecular complexity index is 299. The standard InChI is InChI=1S/C10H18N4/c1-10(3-5-11-6-4-10)13-9-12-7-8-14(9)2/h7-8,11H,3-6H2,1-2H3,(H,12,13). The lowest BCUT2D eigenvalue weighted by atomic mass is 9.91. The molecule has 0 amide bonds. The minimum absolute atomic E-state index is 0.199. The lowest BCUT2D eigenvalue weighted by Crippen LogP contribution is -2.45. The molecule has 1 aliphatic heterocycles. The average molecular weight is 194 g/mol. The smallest absolute Gasteiger partial charge is 0.202 e. The predicted octanol–water partition coefficient (Wildman–Crippen LogP) is 0.974. The number of nitrogens with one attached hydrogen (secondary N) is 2. The summed E-state index contributed by atoms with van der Waals surface area (Å²) in [6.45, 7) is 4.45. The van der Waals surface area contributed by atoms with E-state index in [1.807, 2.05) is 24.0 Å². The van der Waals surface area contributed by atoms with Crippen molar-refractivity contribution < 1.29 is 0 Å². The maximum Gasteiger partial charge on any atom is 0.202 e. The van der Waals surface area contributed by atoms with Crippen LogP contribution < -0.4 is 10.6 Å². The molecule has 1 aromatic rings. The largest absolute Gasteiger partial charge is 0.350 e. The first-order valence-corrected chi connectivity index (χ1v) is 5.16. The van der Waals surface area contributed by atoms with Gasteiger partial charge in [0.05, 0.1) is 0 Å². The lowest BCUT2D eigenvalue weighted by Gasteiger charge is -2.35. The van der Waals surface area contributed by atoms with Gasteiger partial charge >= 0.3 is 0 Å². The van der Waals surface area contributed by atoms with Crippen molar-refractivity contribution in [1.29, 1.82) is 0 Å². The molecule has 0 unspecified atom stereocenters. The molecule has 2 N–H and O–H groups in total. The minimum Gasteiger partial charge on any atom is -0.350 e. The Morgan fingerprint density at radius 2 is 2.21 bits per heavy atom. The number of imidazole rings is 1. The molecule has 1 fully saturated rings. The molecule has 14 heavy (non-hydrogen) atoms. The van der Waals surface area contributed by atoms with Crippen LogP contribution in [0.2, 0.25) is 0 Å². The fourth-order valence-corrected chi connectivity index (χ4v) is 1.86. The zero-order valence-electron chi connectivity index (χ0n) is 8.88. The van der Waals surface area contributed by atoms with E-state index in [0.717, 1.165) is 31.9 Å². The summed E-state index contributed by atoms with van der Waals surface area (Å²) >= 11 is 0. The topological polar surface area (TPSA) is 41.9 Å². The number of nitrogens with zero attached hydrogens (tertiary/aromatic N) is 2. The van der Waals surface area contributed by atoms with Gasteiger partial charge in [0.25, 0.3) is 0 Å². The van der Waals surface area contributed by atoms with Gasteiger partial charge in [-0.3, -0.25) is 0 Å². The average Bonchev–Trinajstić information content (AvgIpc) is 2.52. The highest BCUT2D eigenvalue weighted by Crippen LogP contribution is 2.22. The summed E-state index contributed by atoms with van der Waals surface area (Å²) in [7, 11) is 2.01. The zero-order valence-corrected chi connectivity index (χ0v) is 8.88. The van der Waals surface area contributed by atoms with E-state index in [1.54, 1.807) is 0 Å². The van der Waals surface area contributed by atoms with Gasteiger partial charge in [-0.25, -0.2) is 4.98 Å². The van der Waals surface area contributed by atoms with Crippen molar-refractivity contribution in [1.82, 2.24) is 14.9 Å². The van der Waals surface area contributed by atoms with Crippen LogP contribution in [-0.2, 0) is 7.05 Å². The first-order chi connectivity index (χ1) is 6.70. The summed E-state index contributed by atoms with van der Waals surface area (Å²) in [6, 6.07) is 0. The van der Waals surface area contributed by atoms with Gasteiger partial charge in [0.2, 0.25) is 5.95 Å². The minimum atomic E-state index is 0.199. The number of rotatable bonds is 2. The van der Waals surface area contributed by atoms with Crippen molar-refractivity contribution in [3.63, 3.8) is 0 Å². The second-order valence-corrected chi connectivity index (χ2v) is 4.30. The van der Waals surface area contributed by atoms with Gasteiger partial charge in [-0.15, -0.1) is 0 Å². The second-order valence-electron chi connectivity index (χ2n) is 4.30. The molecule has 0 saturated carbocycles. The lowest BCUT2D eigenvalue weighted by molar-refractivity contribution is 0.362. The fourth-order valence-electron chi connectivity index (χ4n) is 1.86. The van der Waals surface area contributed by atoms with Crippen LogP contribution in [0.25, 0.3) is 0 Å². The number of hydrogen-bond donors (Lipinski definition) is 2. The van der Waals surface area contributed by atoms with Crippen LogP contribution in [0.4, 0.5) is 5.95 Å². The molecule has 4 nitrogen and oxygen atoms in total. The van der Waals surface area contributed by atoms with Crippen LogP contribution in [0.15, 0.2) is 12.4 Å². The summed E-state index contributed by atoms with van der Waals surface area (Å²) < 4.78 is 2.02. The Hall–Kier alpha value is -1.03. The van der Waals surface area contributed by atoms with E-state index >= 15 is 0 Å². The molecule has 0 radical (unpaired) electrons. The van der Waals surface area contributed by atoms with Gasteiger partial charge < -0.3 is 15.2 Å². The molecule has 0 aliphatic carbocycles. The van der Waals surface area contributed by atoms with E-state index in [0.29, 0.717) is 0 Å². The molecular formula is C10H18N4. The van der Waals surface area contributed by atoms with Crippen molar-refractivity contribution in [3.8, 4) is 0 Å². The molecule has 1 saturated heterocycles. The van der Waals surface area contributed by atoms with Crippen molar-refractivity contribution in [3.05, 3.63) is 12.4 Å². The molecule has 0 atom stereocenters. The molecule has 1 aromatic heterocycles. The Morgan fingerprint density at radius 3 is 2.79 bits per heavy atom. The van der Waals surface area contributed by atoms with Crippen LogP contribution in [-0.4, -0.2) is 28.2 Å². The van der Waals surface area contributed by atoms with Crippen molar-refractivity contribution in [2.45, 2.75) is 25.3 Å². The van der Waals surface area contributed by atoms with Crippen LogP contribution in [0, 0.1) is 0 Å². The highest BCUT2D eigenvalue weighted by atomic mass is 15.2. The summed E-state index contributed by atoms with van der Waals surface area (Å²) in [4.78, 5) is 4.29. The SMILES string of the molecule is Cn1ccnc1NC1(C)CCNCC1. The first-order valence-electron chi connectivity index (χ1n) is 5.16. The first kappa shape index (κ1) is 9.52. The Kier molecular flexibility index (Phi) is 2.46. The Labute approximate surface area is 84.7 Å². The van der Waals surface area contributed by atoms with E-state index < -0.39 is 0 Å². The third kappa shape index (κ3) is 1.90. The molecule has 2 rings (SSSR count). The van der Waals surface area contributed by atoms with Gasteiger partial charge in [-0.05, 0) is 32.9 Å². The molecule has 4 heteroatoms. The van der Waals surface area contributed by atoms with Crippen molar-refractivity contribution in [2.24, 2.45) is 7.05 Å². The second kappa shape index (κ2) is 3.61. The van der Waals surface area contributed by atoms with E-state index in [1.165, 1.54) is 0 Å². The van der Waals surface area contributed by atoms with Crippen LogP contribution in [0.1, 0.15) is 19.8 Å². The molecule has 78 valence electrons. The predicted molar refractivity (Wildman–Crippen MR) is 57.3 cm³/mol. The normalized spacial score (nSPS) is 20.7. The molecule has 2 heterocycles. The number of aromatic nitrogens is 2. The highest BCUT2D eigenvalue weighted by molar-refractivity contribution is 5.30. The van der Waals surface area contributed by atoms with Crippen LogP contribution in [0.3, 0.4) is 0 Å². The van der Waals surface area contributed by atoms with E-state index in [9.17, 15) is 0 Å². The molecule has 0 spiro atoms. The van der Waals surface area contributed by atoms with E-state index in [4.69, 9.17) is 0 Å². The third-order valence-electron chi connectivity index (χ3n) is 2.94. The summed E-state index contributed by atoms with van der Waals surface area (Å²) in [5.41, 5.74) is 0.199. The quantitative estimate of drug-likeness (QED) is 0.737. The van der Waals surface area contributed by atoms with Crippen LogP contribution >= 0.6 is 0 Å². The Morgan fingerprint density at radius 1 is 1.50 bits per heavy atom. The Balaban J connectivity index is 2.05. The van der Waals surface area contributed by atoms with E-state index in [-0.39, 0.29) is 5.54 Å². The maximum absolute atomic E-state index is 4.29. The number of anilines is 1. The van der Waals surface area contributed by atoms with Crippen molar-refractivity contribution in [2.75, 3.05) is 18.4 Å². The summed E-state index contributed by atoms with van der Waals surface area (Å²) in [5.74, 6) is 0.967.